The first kappa shape index (κ1) is 29.0. The topological polar surface area (TPSA) is 80.0 Å². The van der Waals surface area contributed by atoms with Crippen molar-refractivity contribution in [3.63, 3.8) is 0 Å². The molecular formula is C25H30ClN2O5S3Te+. The second kappa shape index (κ2) is 12.4. The van der Waals surface area contributed by atoms with Gasteiger partial charge < -0.3 is 0 Å². The van der Waals surface area contributed by atoms with Crippen LogP contribution in [0.15, 0.2) is 45.5 Å². The summed E-state index contributed by atoms with van der Waals surface area (Å²) in [6, 6.07) is 5.76. The monoisotopic (exact) mass is 699 g/mol. The summed E-state index contributed by atoms with van der Waals surface area (Å²) in [7, 11) is -0.579. The fourth-order valence-corrected chi connectivity index (χ4v) is 11.1. The molecule has 3 heterocycles. The minimum Gasteiger partial charge on any atom is -0.286 e. The maximum absolute atomic E-state index is 11.3. The number of allylic oxidation sites excluding steroid dienone is 2. The third-order valence-electron chi connectivity index (χ3n) is 5.93. The Kier molecular flexibility index (Phi) is 9.73. The van der Waals surface area contributed by atoms with Crippen molar-refractivity contribution in [2.24, 2.45) is 0 Å². The third kappa shape index (κ3) is 6.76. The summed E-state index contributed by atoms with van der Waals surface area (Å²) in [4.78, 5) is 4.41. The summed E-state index contributed by atoms with van der Waals surface area (Å²) in [5, 5.41) is 2.83. The molecule has 37 heavy (non-hydrogen) atoms. The van der Waals surface area contributed by atoms with E-state index in [2.05, 4.69) is 41.5 Å². The molecule has 2 aliphatic heterocycles. The molecule has 1 atom stereocenters. The summed E-state index contributed by atoms with van der Waals surface area (Å²) < 4.78 is 46.9. The van der Waals surface area contributed by atoms with Crippen molar-refractivity contribution in [3.05, 3.63) is 55.5 Å². The van der Waals surface area contributed by atoms with E-state index in [1.165, 1.54) is 19.2 Å². The number of fused-ring (bicyclic) bond motifs is 2. The van der Waals surface area contributed by atoms with Gasteiger partial charge in [-0.1, -0.05) is 0 Å². The minimum absolute atomic E-state index is 0.0383. The van der Waals surface area contributed by atoms with Crippen LogP contribution in [0.5, 0.6) is 0 Å². The molecule has 7 nitrogen and oxygen atoms in total. The number of hydrogen-bond acceptors (Lipinski definition) is 7. The summed E-state index contributed by atoms with van der Waals surface area (Å²) in [6.07, 6.45) is 7.68. The van der Waals surface area contributed by atoms with Gasteiger partial charge in [0, 0.05) is 0 Å². The molecule has 4 rings (SSSR count). The zero-order valence-corrected chi connectivity index (χ0v) is 26.6. The van der Waals surface area contributed by atoms with E-state index in [0.29, 0.717) is 18.0 Å². The molecule has 0 saturated carbocycles. The summed E-state index contributed by atoms with van der Waals surface area (Å²) >= 11 is 9.08. The van der Waals surface area contributed by atoms with Crippen molar-refractivity contribution >= 4 is 87.3 Å². The Morgan fingerprint density at radius 1 is 1.32 bits per heavy atom. The summed E-state index contributed by atoms with van der Waals surface area (Å²) in [5.41, 5.74) is 2.13. The van der Waals surface area contributed by atoms with E-state index in [1.54, 1.807) is 37.3 Å². The van der Waals surface area contributed by atoms with E-state index in [0.717, 1.165) is 34.3 Å². The number of thiazole rings is 1. The zero-order valence-electron chi connectivity index (χ0n) is 21.1. The van der Waals surface area contributed by atoms with Gasteiger partial charge in [0.2, 0.25) is 0 Å². The number of hydrogen-bond donors (Lipinski definition) is 1. The molecule has 0 saturated heterocycles. The minimum atomic E-state index is -4.02. The Morgan fingerprint density at radius 3 is 2.76 bits per heavy atom. The SMILES string of the molecule is CCC(=Cc1sc2c([n+]1CC)[Te]C(OC)C(OC)=C2)C=C1Sc2ccc(Cl)cc2N1CCCS(=O)(=O)O. The molecule has 1 aromatic heterocycles. The van der Waals surface area contributed by atoms with Crippen LogP contribution in [0.3, 0.4) is 0 Å². The molecule has 200 valence electrons. The third-order valence-corrected chi connectivity index (χ3v) is 13.3. The Morgan fingerprint density at radius 2 is 2.11 bits per heavy atom. The fourth-order valence-electron chi connectivity index (χ4n) is 4.12. The standard InChI is InChI=1S/C25H29ClN2O5S3Te/c1-5-16(12-22-27(6-2)24-21(35-22)15-19(32-3)25(33-4)37-24)13-23-28(10-7-11-36(29,30)31)18-14-17(26)8-9-20(18)34-23/h8-9,12-15,25H,5-7,10-11H2,1-4H3/p+1. The van der Waals surface area contributed by atoms with Gasteiger partial charge in [0.25, 0.3) is 0 Å². The number of methoxy groups -OCH3 is 2. The smallest absolute Gasteiger partial charge is 0.286 e. The average molecular weight is 698 g/mol. The maximum atomic E-state index is 11.3. The van der Waals surface area contributed by atoms with Crippen molar-refractivity contribution in [2.45, 2.75) is 42.3 Å². The van der Waals surface area contributed by atoms with Crippen molar-refractivity contribution in [1.82, 2.24) is 0 Å². The molecule has 2 aliphatic rings. The van der Waals surface area contributed by atoms with Gasteiger partial charge in [-0.25, -0.2) is 0 Å². The number of anilines is 1. The van der Waals surface area contributed by atoms with Crippen LogP contribution in [0.25, 0.3) is 12.2 Å². The van der Waals surface area contributed by atoms with E-state index in [4.69, 9.17) is 21.1 Å². The molecule has 1 unspecified atom stereocenters. The first-order chi connectivity index (χ1) is 17.7. The van der Waals surface area contributed by atoms with Crippen molar-refractivity contribution in [1.29, 1.82) is 0 Å². The predicted molar refractivity (Wildman–Crippen MR) is 153 cm³/mol. The van der Waals surface area contributed by atoms with Gasteiger partial charge in [-0.3, -0.25) is 4.55 Å². The molecular weight excluding hydrogens is 668 g/mol. The molecule has 0 spiro atoms. The van der Waals surface area contributed by atoms with E-state index >= 15 is 0 Å². The second-order valence-corrected chi connectivity index (χ2v) is 15.5. The van der Waals surface area contributed by atoms with Crippen molar-refractivity contribution in [2.75, 3.05) is 31.4 Å². The Hall–Kier alpha value is -1.03. The number of rotatable bonds is 10. The van der Waals surface area contributed by atoms with E-state index in [1.807, 2.05) is 18.2 Å². The Balaban J connectivity index is 1.69. The first-order valence-electron chi connectivity index (χ1n) is 11.8. The van der Waals surface area contributed by atoms with Gasteiger partial charge in [-0.15, -0.1) is 0 Å². The predicted octanol–water partition coefficient (Wildman–Crippen LogP) is 4.54. The van der Waals surface area contributed by atoms with Crippen LogP contribution in [-0.2, 0) is 26.1 Å². The quantitative estimate of drug-likeness (QED) is 0.222. The number of benzene rings is 1. The van der Waals surface area contributed by atoms with Gasteiger partial charge >= 0.3 is 231 Å². The van der Waals surface area contributed by atoms with E-state index in [-0.39, 0.29) is 9.90 Å². The van der Waals surface area contributed by atoms with Gasteiger partial charge in [-0.2, -0.15) is 8.42 Å². The van der Waals surface area contributed by atoms with Crippen molar-refractivity contribution < 1.29 is 27.0 Å². The first-order valence-corrected chi connectivity index (χ1v) is 17.9. The molecule has 12 heteroatoms. The van der Waals surface area contributed by atoms with Crippen LogP contribution in [0.1, 0.15) is 36.6 Å². The second-order valence-electron chi connectivity index (χ2n) is 8.35. The van der Waals surface area contributed by atoms with Gasteiger partial charge in [0.15, 0.2) is 0 Å². The molecule has 1 N–H and O–H groups in total. The molecule has 0 amide bonds. The van der Waals surface area contributed by atoms with Crippen LogP contribution < -0.4 is 13.2 Å². The number of halogens is 1. The number of nitrogens with zero attached hydrogens (tertiary/aromatic N) is 2. The van der Waals surface area contributed by atoms with Crippen molar-refractivity contribution in [3.8, 4) is 0 Å². The Bertz CT molecular complexity index is 1370. The molecule has 0 radical (unpaired) electrons. The normalized spacial score (nSPS) is 18.7. The van der Waals surface area contributed by atoms with Gasteiger partial charge in [0.05, 0.1) is 0 Å². The van der Waals surface area contributed by atoms with Crippen LogP contribution in [0.2, 0.25) is 5.02 Å². The molecule has 0 bridgehead atoms. The molecule has 2 aromatic rings. The summed E-state index contributed by atoms with van der Waals surface area (Å²) in [5.74, 6) is 0.614. The Labute approximate surface area is 242 Å². The number of aromatic nitrogens is 1. The van der Waals surface area contributed by atoms with Gasteiger partial charge in [0.1, 0.15) is 0 Å². The summed E-state index contributed by atoms with van der Waals surface area (Å²) in [6.45, 7) is 5.64. The zero-order chi connectivity index (χ0) is 26.7. The molecule has 0 fully saturated rings. The van der Waals surface area contributed by atoms with Crippen LogP contribution in [0, 0.1) is 0 Å². The van der Waals surface area contributed by atoms with E-state index < -0.39 is 31.0 Å². The molecule has 1 aromatic carbocycles. The number of ether oxygens (including phenoxy) is 2. The number of thioether (sulfide) groups is 1. The fraction of sp³-hybridized carbons (Fsp3) is 0.400. The van der Waals surface area contributed by atoms with Crippen LogP contribution >= 0.6 is 34.7 Å². The molecule has 0 aliphatic carbocycles. The van der Waals surface area contributed by atoms with Crippen LogP contribution in [0.4, 0.5) is 5.69 Å². The van der Waals surface area contributed by atoms with E-state index in [9.17, 15) is 13.0 Å². The van der Waals surface area contributed by atoms with Gasteiger partial charge in [-0.05, 0) is 0 Å². The average Bonchev–Trinajstić information content (AvgIpc) is 3.37. The van der Waals surface area contributed by atoms with Crippen LogP contribution in [-0.4, -0.2) is 64.6 Å².